The Hall–Kier alpha value is -2.04. The van der Waals surface area contributed by atoms with Crippen molar-refractivity contribution in [2.45, 2.75) is 52.7 Å². The topological polar surface area (TPSA) is 70.1 Å². The third-order valence-electron chi connectivity index (χ3n) is 3.56. The highest BCUT2D eigenvalue weighted by Gasteiger charge is 2.16. The van der Waals surface area contributed by atoms with E-state index < -0.39 is 0 Å². The van der Waals surface area contributed by atoms with E-state index >= 15 is 0 Å². The zero-order valence-corrected chi connectivity index (χ0v) is 12.9. The summed E-state index contributed by atoms with van der Waals surface area (Å²) in [6.07, 6.45) is 2.52. The minimum absolute atomic E-state index is 0.0630. The molecule has 0 aliphatic heterocycles. The molecule has 0 spiro atoms. The van der Waals surface area contributed by atoms with Crippen molar-refractivity contribution >= 4 is 22.7 Å². The molecule has 2 N–H and O–H groups in total. The van der Waals surface area contributed by atoms with Gasteiger partial charge in [-0.3, -0.25) is 4.79 Å². The van der Waals surface area contributed by atoms with E-state index in [1.807, 2.05) is 36.6 Å². The van der Waals surface area contributed by atoms with Crippen LogP contribution in [0.2, 0.25) is 0 Å². The smallest absolute Gasteiger partial charge is 0.326 e. The lowest BCUT2D eigenvalue weighted by molar-refractivity contribution is -0.149. The van der Waals surface area contributed by atoms with Crippen LogP contribution in [0.1, 0.15) is 39.4 Å². The molecule has 0 aliphatic rings. The number of carbonyl (C=O) groups excluding carboxylic acids is 1. The minimum atomic E-state index is -0.233. The maximum Gasteiger partial charge on any atom is 0.326 e. The van der Waals surface area contributed by atoms with Crippen LogP contribution in [-0.2, 0) is 22.5 Å². The van der Waals surface area contributed by atoms with Gasteiger partial charge in [0.05, 0.1) is 17.3 Å². The molecular formula is C16H23N3O2. The Morgan fingerprint density at radius 1 is 1.43 bits per heavy atom. The molecule has 0 fully saturated rings. The van der Waals surface area contributed by atoms with Crippen molar-refractivity contribution in [3.05, 3.63) is 24.0 Å². The largest absolute Gasteiger partial charge is 0.461 e. The van der Waals surface area contributed by atoms with Crippen molar-refractivity contribution in [2.75, 3.05) is 5.73 Å². The van der Waals surface area contributed by atoms with Crippen LogP contribution >= 0.6 is 0 Å². The number of para-hydroxylation sites is 1. The number of ether oxygens (including phenoxy) is 1. The van der Waals surface area contributed by atoms with Crippen LogP contribution in [0.3, 0.4) is 0 Å². The summed E-state index contributed by atoms with van der Waals surface area (Å²) in [6.45, 7) is 6.16. The first-order chi connectivity index (χ1) is 10.1. The van der Waals surface area contributed by atoms with E-state index in [0.717, 1.165) is 36.1 Å². The number of esters is 1. The van der Waals surface area contributed by atoms with Crippen LogP contribution in [0.25, 0.3) is 11.0 Å². The zero-order chi connectivity index (χ0) is 15.4. The van der Waals surface area contributed by atoms with Crippen LogP contribution in [0, 0.1) is 0 Å². The lowest BCUT2D eigenvalue weighted by atomic mass is 10.2. The molecule has 0 saturated carbocycles. The van der Waals surface area contributed by atoms with Crippen molar-refractivity contribution < 1.29 is 9.53 Å². The van der Waals surface area contributed by atoms with Gasteiger partial charge in [-0.15, -0.1) is 0 Å². The highest BCUT2D eigenvalue weighted by molar-refractivity contribution is 5.88. The molecule has 0 radical (unpaired) electrons. The number of nitrogens with zero attached hydrogens (tertiary/aromatic N) is 2. The van der Waals surface area contributed by atoms with Crippen molar-refractivity contribution in [1.29, 1.82) is 0 Å². The van der Waals surface area contributed by atoms with Crippen molar-refractivity contribution in [3.8, 4) is 0 Å². The first-order valence-corrected chi connectivity index (χ1v) is 7.49. The molecule has 1 unspecified atom stereocenters. The summed E-state index contributed by atoms with van der Waals surface area (Å²) in [4.78, 5) is 16.6. The molecule has 5 heteroatoms. The molecule has 114 valence electrons. The lowest BCUT2D eigenvalue weighted by Gasteiger charge is -2.13. The fraction of sp³-hybridized carbons (Fsp3) is 0.500. The molecule has 21 heavy (non-hydrogen) atoms. The third-order valence-corrected chi connectivity index (χ3v) is 3.56. The fourth-order valence-electron chi connectivity index (χ4n) is 2.28. The van der Waals surface area contributed by atoms with Gasteiger partial charge in [0.25, 0.3) is 0 Å². The average molecular weight is 289 g/mol. The van der Waals surface area contributed by atoms with Gasteiger partial charge in [0.15, 0.2) is 0 Å². The summed E-state index contributed by atoms with van der Waals surface area (Å²) in [5.41, 5.74) is 8.26. The van der Waals surface area contributed by atoms with Crippen molar-refractivity contribution in [3.63, 3.8) is 0 Å². The second-order valence-corrected chi connectivity index (χ2v) is 5.29. The third kappa shape index (κ3) is 3.35. The maximum absolute atomic E-state index is 12.1. The van der Waals surface area contributed by atoms with E-state index in [1.54, 1.807) is 0 Å². The standard InChI is InChI=1S/C16H23N3O2/c1-4-7-14-18-16-12(17)8-6-9-13(16)19(14)10-15(20)21-11(3)5-2/h6,8-9,11H,4-5,7,10,17H2,1-3H3. The Morgan fingerprint density at radius 2 is 2.19 bits per heavy atom. The van der Waals surface area contributed by atoms with E-state index in [-0.39, 0.29) is 18.6 Å². The van der Waals surface area contributed by atoms with E-state index in [4.69, 9.17) is 10.5 Å². The SMILES string of the molecule is CCCc1nc2c(N)cccc2n1CC(=O)OC(C)CC. The van der Waals surface area contributed by atoms with Crippen LogP contribution in [-0.4, -0.2) is 21.6 Å². The molecule has 1 atom stereocenters. The Bertz CT molecular complexity index is 634. The Morgan fingerprint density at radius 3 is 2.86 bits per heavy atom. The molecule has 0 amide bonds. The van der Waals surface area contributed by atoms with Gasteiger partial charge >= 0.3 is 5.97 Å². The molecule has 0 bridgehead atoms. The number of rotatable bonds is 6. The van der Waals surface area contributed by atoms with Gasteiger partial charge in [0, 0.05) is 6.42 Å². The number of fused-ring (bicyclic) bond motifs is 1. The molecule has 1 heterocycles. The molecule has 2 aromatic rings. The number of aryl methyl sites for hydroxylation is 1. The van der Waals surface area contributed by atoms with Gasteiger partial charge in [-0.05, 0) is 31.9 Å². The average Bonchev–Trinajstić information content (AvgIpc) is 2.79. The quantitative estimate of drug-likeness (QED) is 0.655. The Labute approximate surface area is 125 Å². The van der Waals surface area contributed by atoms with Gasteiger partial charge in [-0.1, -0.05) is 19.9 Å². The number of hydrogen-bond donors (Lipinski definition) is 1. The zero-order valence-electron chi connectivity index (χ0n) is 12.9. The molecule has 2 rings (SSSR count). The molecule has 1 aromatic carbocycles. The number of nitrogen functional groups attached to an aromatic ring is 1. The van der Waals surface area contributed by atoms with E-state index in [1.165, 1.54) is 0 Å². The Kier molecular flexibility index (Phi) is 4.83. The summed E-state index contributed by atoms with van der Waals surface area (Å²) in [5, 5.41) is 0. The van der Waals surface area contributed by atoms with E-state index in [9.17, 15) is 4.79 Å². The number of benzene rings is 1. The van der Waals surface area contributed by atoms with Gasteiger partial charge in [0.1, 0.15) is 17.9 Å². The van der Waals surface area contributed by atoms with E-state index in [2.05, 4.69) is 11.9 Å². The molecule has 1 aromatic heterocycles. The summed E-state index contributed by atoms with van der Waals surface area (Å²) >= 11 is 0. The predicted molar refractivity (Wildman–Crippen MR) is 84.0 cm³/mol. The number of hydrogen-bond acceptors (Lipinski definition) is 4. The summed E-state index contributed by atoms with van der Waals surface area (Å²) < 4.78 is 7.28. The van der Waals surface area contributed by atoms with Crippen LogP contribution in [0.15, 0.2) is 18.2 Å². The molecule has 0 aliphatic carbocycles. The number of imidazole rings is 1. The molecule has 5 nitrogen and oxygen atoms in total. The van der Waals surface area contributed by atoms with Gasteiger partial charge < -0.3 is 15.0 Å². The highest BCUT2D eigenvalue weighted by Crippen LogP contribution is 2.22. The highest BCUT2D eigenvalue weighted by atomic mass is 16.5. The van der Waals surface area contributed by atoms with Crippen molar-refractivity contribution in [1.82, 2.24) is 9.55 Å². The second kappa shape index (κ2) is 6.61. The number of nitrogens with two attached hydrogens (primary N) is 1. The summed E-state index contributed by atoms with van der Waals surface area (Å²) in [5.74, 6) is 0.648. The fourth-order valence-corrected chi connectivity index (χ4v) is 2.28. The summed E-state index contributed by atoms with van der Waals surface area (Å²) in [7, 11) is 0. The first kappa shape index (κ1) is 15.4. The normalized spacial score (nSPS) is 12.5. The number of carbonyl (C=O) groups is 1. The number of aromatic nitrogens is 2. The Balaban J connectivity index is 2.34. The summed E-state index contributed by atoms with van der Waals surface area (Å²) in [6, 6.07) is 5.65. The van der Waals surface area contributed by atoms with Crippen LogP contribution < -0.4 is 5.73 Å². The van der Waals surface area contributed by atoms with Gasteiger partial charge in [-0.2, -0.15) is 0 Å². The monoisotopic (exact) mass is 289 g/mol. The lowest BCUT2D eigenvalue weighted by Crippen LogP contribution is -2.20. The molecule has 0 saturated heterocycles. The van der Waals surface area contributed by atoms with Crippen LogP contribution in [0.5, 0.6) is 0 Å². The maximum atomic E-state index is 12.1. The minimum Gasteiger partial charge on any atom is -0.461 e. The van der Waals surface area contributed by atoms with Crippen molar-refractivity contribution in [2.24, 2.45) is 0 Å². The number of anilines is 1. The van der Waals surface area contributed by atoms with Gasteiger partial charge in [0.2, 0.25) is 0 Å². The first-order valence-electron chi connectivity index (χ1n) is 7.49. The van der Waals surface area contributed by atoms with Crippen LogP contribution in [0.4, 0.5) is 5.69 Å². The predicted octanol–water partition coefficient (Wildman–Crippen LogP) is 2.91. The molecular weight excluding hydrogens is 266 g/mol. The second-order valence-electron chi connectivity index (χ2n) is 5.29. The van der Waals surface area contributed by atoms with E-state index in [0.29, 0.717) is 5.69 Å². The van der Waals surface area contributed by atoms with Gasteiger partial charge in [-0.25, -0.2) is 4.98 Å².